The average molecular weight is 373 g/mol. The number of fused-ring (bicyclic) bond motifs is 1. The fraction of sp³-hybridized carbons (Fsp3) is 0.0625. The summed E-state index contributed by atoms with van der Waals surface area (Å²) < 4.78 is 2.55. The van der Waals surface area contributed by atoms with Gasteiger partial charge < -0.3 is 4.57 Å². The van der Waals surface area contributed by atoms with E-state index < -0.39 is 5.91 Å². The number of hydrazine groups is 1. The summed E-state index contributed by atoms with van der Waals surface area (Å²) in [6, 6.07) is 9.19. The van der Waals surface area contributed by atoms with Crippen LogP contribution < -0.4 is 10.9 Å². The van der Waals surface area contributed by atoms with Crippen molar-refractivity contribution in [3.8, 4) is 0 Å². The molecule has 116 valence electrons. The first-order chi connectivity index (χ1) is 11.1. The van der Waals surface area contributed by atoms with E-state index in [-0.39, 0.29) is 5.91 Å². The SMILES string of the molecule is Cn1cc(C(=O)NNC(=O)c2cncc(Br)c2)c2ccccc21. The third-order valence-electron chi connectivity index (χ3n) is 3.40. The van der Waals surface area contributed by atoms with Crippen LogP contribution >= 0.6 is 15.9 Å². The molecule has 0 aliphatic heterocycles. The van der Waals surface area contributed by atoms with Gasteiger partial charge in [0.1, 0.15) is 0 Å². The number of nitrogens with zero attached hydrogens (tertiary/aromatic N) is 2. The highest BCUT2D eigenvalue weighted by atomic mass is 79.9. The van der Waals surface area contributed by atoms with Gasteiger partial charge in [-0.15, -0.1) is 0 Å². The van der Waals surface area contributed by atoms with Crippen LogP contribution in [0.5, 0.6) is 0 Å². The lowest BCUT2D eigenvalue weighted by Gasteiger charge is -2.06. The van der Waals surface area contributed by atoms with Crippen molar-refractivity contribution in [1.29, 1.82) is 0 Å². The standard InChI is InChI=1S/C16H13BrN4O2/c1-21-9-13(12-4-2-3-5-14(12)21)16(23)20-19-15(22)10-6-11(17)8-18-7-10/h2-9H,1H3,(H,19,22)(H,20,23). The van der Waals surface area contributed by atoms with Crippen LogP contribution in [-0.4, -0.2) is 21.4 Å². The number of pyridine rings is 1. The molecular weight excluding hydrogens is 360 g/mol. The predicted molar refractivity (Wildman–Crippen MR) is 89.8 cm³/mol. The number of aryl methyl sites for hydroxylation is 1. The second-order valence-electron chi connectivity index (χ2n) is 4.97. The Balaban J connectivity index is 1.75. The number of benzene rings is 1. The van der Waals surface area contributed by atoms with Crippen molar-refractivity contribution in [3.63, 3.8) is 0 Å². The highest BCUT2D eigenvalue weighted by Crippen LogP contribution is 2.19. The summed E-state index contributed by atoms with van der Waals surface area (Å²) in [4.78, 5) is 28.2. The lowest BCUT2D eigenvalue weighted by Crippen LogP contribution is -2.41. The summed E-state index contributed by atoms with van der Waals surface area (Å²) in [5.41, 5.74) is 6.60. The van der Waals surface area contributed by atoms with Crippen LogP contribution in [0.25, 0.3) is 10.9 Å². The van der Waals surface area contributed by atoms with Gasteiger partial charge in [-0.1, -0.05) is 18.2 Å². The van der Waals surface area contributed by atoms with Gasteiger partial charge in [-0.05, 0) is 28.1 Å². The van der Waals surface area contributed by atoms with E-state index in [0.717, 1.165) is 10.9 Å². The normalized spacial score (nSPS) is 10.5. The van der Waals surface area contributed by atoms with Crippen LogP contribution in [0.2, 0.25) is 0 Å². The van der Waals surface area contributed by atoms with Gasteiger partial charge in [0.05, 0.1) is 11.1 Å². The minimum absolute atomic E-state index is 0.345. The van der Waals surface area contributed by atoms with Gasteiger partial charge in [0.2, 0.25) is 0 Å². The summed E-state index contributed by atoms with van der Waals surface area (Å²) in [5.74, 6) is -0.814. The lowest BCUT2D eigenvalue weighted by atomic mass is 10.2. The third kappa shape index (κ3) is 3.09. The van der Waals surface area contributed by atoms with Crippen molar-refractivity contribution in [3.05, 3.63) is 64.5 Å². The number of carbonyl (C=O) groups is 2. The molecule has 3 aromatic rings. The van der Waals surface area contributed by atoms with E-state index in [1.165, 1.54) is 6.20 Å². The Morgan fingerprint density at radius 1 is 1.13 bits per heavy atom. The number of hydrogen-bond donors (Lipinski definition) is 2. The molecule has 0 atom stereocenters. The zero-order valence-electron chi connectivity index (χ0n) is 12.2. The van der Waals surface area contributed by atoms with Gasteiger partial charge in [0.25, 0.3) is 11.8 Å². The third-order valence-corrected chi connectivity index (χ3v) is 3.83. The molecule has 0 unspecified atom stereocenters. The number of hydrogen-bond acceptors (Lipinski definition) is 3. The van der Waals surface area contributed by atoms with Gasteiger partial charge >= 0.3 is 0 Å². The molecule has 0 fully saturated rings. The van der Waals surface area contributed by atoms with Crippen LogP contribution in [0, 0.1) is 0 Å². The number of aromatic nitrogens is 2. The van der Waals surface area contributed by atoms with Crippen LogP contribution in [0.3, 0.4) is 0 Å². The Morgan fingerprint density at radius 3 is 2.65 bits per heavy atom. The van der Waals surface area contributed by atoms with Crippen molar-refractivity contribution in [1.82, 2.24) is 20.4 Å². The summed E-state index contributed by atoms with van der Waals surface area (Å²) >= 11 is 3.24. The number of halogens is 1. The van der Waals surface area contributed by atoms with Crippen LogP contribution in [-0.2, 0) is 7.05 Å². The zero-order valence-corrected chi connectivity index (χ0v) is 13.8. The predicted octanol–water partition coefficient (Wildman–Crippen LogP) is 2.41. The molecule has 1 aromatic carbocycles. The zero-order chi connectivity index (χ0) is 16.4. The largest absolute Gasteiger partial charge is 0.350 e. The summed E-state index contributed by atoms with van der Waals surface area (Å²) in [6.45, 7) is 0. The molecule has 2 heterocycles. The van der Waals surface area contributed by atoms with Gasteiger partial charge in [0, 0.05) is 41.0 Å². The van der Waals surface area contributed by atoms with Crippen LogP contribution in [0.1, 0.15) is 20.7 Å². The van der Waals surface area contributed by atoms with Crippen molar-refractivity contribution in [2.45, 2.75) is 0 Å². The summed E-state index contributed by atoms with van der Waals surface area (Å²) in [6.07, 6.45) is 4.72. The Bertz CT molecular complexity index is 904. The molecule has 3 rings (SSSR count). The Kier molecular flexibility index (Phi) is 4.12. The van der Waals surface area contributed by atoms with Crippen LogP contribution in [0.4, 0.5) is 0 Å². The minimum atomic E-state index is -0.438. The van der Waals surface area contributed by atoms with Crippen molar-refractivity contribution >= 4 is 38.6 Å². The Morgan fingerprint density at radius 2 is 1.87 bits per heavy atom. The molecule has 0 saturated heterocycles. The quantitative estimate of drug-likeness (QED) is 0.678. The van der Waals surface area contributed by atoms with E-state index >= 15 is 0 Å². The van der Waals surface area contributed by atoms with E-state index in [2.05, 4.69) is 31.8 Å². The molecule has 2 N–H and O–H groups in total. The summed E-state index contributed by atoms with van der Waals surface area (Å²) in [7, 11) is 1.87. The maximum atomic E-state index is 12.3. The Hall–Kier alpha value is -2.67. The van der Waals surface area contributed by atoms with E-state index in [0.29, 0.717) is 15.6 Å². The fourth-order valence-electron chi connectivity index (χ4n) is 2.31. The van der Waals surface area contributed by atoms with Crippen LogP contribution in [0.15, 0.2) is 53.4 Å². The van der Waals surface area contributed by atoms with E-state index in [9.17, 15) is 9.59 Å². The number of para-hydroxylation sites is 1. The lowest BCUT2D eigenvalue weighted by molar-refractivity contribution is 0.0847. The minimum Gasteiger partial charge on any atom is -0.350 e. The first kappa shape index (κ1) is 15.2. The van der Waals surface area contributed by atoms with Crippen molar-refractivity contribution in [2.75, 3.05) is 0 Å². The number of nitrogens with one attached hydrogen (secondary N) is 2. The van der Waals surface area contributed by atoms with Crippen molar-refractivity contribution in [2.24, 2.45) is 7.05 Å². The van der Waals surface area contributed by atoms with E-state index in [1.807, 2.05) is 35.9 Å². The van der Waals surface area contributed by atoms with Gasteiger partial charge in [-0.2, -0.15) is 0 Å². The van der Waals surface area contributed by atoms with Crippen molar-refractivity contribution < 1.29 is 9.59 Å². The van der Waals surface area contributed by atoms with Gasteiger partial charge in [-0.3, -0.25) is 25.4 Å². The molecule has 0 spiro atoms. The molecule has 0 aliphatic carbocycles. The fourth-order valence-corrected chi connectivity index (χ4v) is 2.68. The molecule has 0 bridgehead atoms. The molecule has 6 nitrogen and oxygen atoms in total. The molecule has 0 saturated carbocycles. The second-order valence-corrected chi connectivity index (χ2v) is 5.89. The average Bonchev–Trinajstić information content (AvgIpc) is 2.90. The highest BCUT2D eigenvalue weighted by molar-refractivity contribution is 9.10. The molecule has 0 radical (unpaired) electrons. The van der Waals surface area contributed by atoms with Gasteiger partial charge in [0.15, 0.2) is 0 Å². The molecule has 0 aliphatic rings. The number of carbonyl (C=O) groups excluding carboxylic acids is 2. The first-order valence-corrected chi connectivity index (χ1v) is 7.61. The monoisotopic (exact) mass is 372 g/mol. The molecule has 7 heteroatoms. The second kappa shape index (κ2) is 6.21. The molecule has 2 aromatic heterocycles. The maximum Gasteiger partial charge on any atom is 0.271 e. The van der Waals surface area contributed by atoms with E-state index in [4.69, 9.17) is 0 Å². The van der Waals surface area contributed by atoms with Gasteiger partial charge in [-0.25, -0.2) is 0 Å². The number of rotatable bonds is 2. The molecule has 23 heavy (non-hydrogen) atoms. The maximum absolute atomic E-state index is 12.3. The number of amides is 2. The topological polar surface area (TPSA) is 76.0 Å². The first-order valence-electron chi connectivity index (χ1n) is 6.81. The summed E-state index contributed by atoms with van der Waals surface area (Å²) in [5, 5.41) is 0.825. The van der Waals surface area contributed by atoms with E-state index in [1.54, 1.807) is 18.5 Å². The molecular formula is C16H13BrN4O2. The Labute approximate surface area is 140 Å². The smallest absolute Gasteiger partial charge is 0.271 e. The molecule has 2 amide bonds. The highest BCUT2D eigenvalue weighted by Gasteiger charge is 2.14.